The van der Waals surface area contributed by atoms with Gasteiger partial charge in [-0.2, -0.15) is 22.0 Å². The molecule has 0 aromatic heterocycles. The van der Waals surface area contributed by atoms with Crippen molar-refractivity contribution in [1.29, 1.82) is 0 Å². The number of non-ortho nitro benzene ring substituents is 1. The predicted octanol–water partition coefficient (Wildman–Crippen LogP) is 2.98. The van der Waals surface area contributed by atoms with E-state index in [0.717, 1.165) is 12.1 Å². The number of carbonyl (C=O) groups excluding carboxylic acids is 1. The number of halogens is 5. The topological polar surface area (TPSA) is 60.2 Å². The van der Waals surface area contributed by atoms with Gasteiger partial charge in [0.15, 0.2) is 0 Å². The second kappa shape index (κ2) is 4.31. The number of carbonyl (C=O) groups is 1. The van der Waals surface area contributed by atoms with Crippen LogP contribution in [0.5, 0.6) is 0 Å². The second-order valence-electron chi connectivity index (χ2n) is 3.21. The van der Waals surface area contributed by atoms with Crippen LogP contribution in [-0.2, 0) is 0 Å². The molecule has 0 aliphatic heterocycles. The molecule has 1 aromatic carbocycles. The Morgan fingerprint density at radius 1 is 1.17 bits per heavy atom. The van der Waals surface area contributed by atoms with Crippen molar-refractivity contribution in [2.24, 2.45) is 0 Å². The molecular weight excluding hydrogens is 265 g/mol. The third kappa shape index (κ3) is 2.44. The highest BCUT2D eigenvalue weighted by atomic mass is 19.4. The standard InChI is InChI=1S/C9H4F5NO3/c10-8(11,9(12,13)14)7(16)5-2-1-3-6(4-5)15(17)18/h1-4H. The Morgan fingerprint density at radius 3 is 2.17 bits per heavy atom. The fourth-order valence-electron chi connectivity index (χ4n) is 1.07. The highest BCUT2D eigenvalue weighted by Gasteiger charge is 2.63. The van der Waals surface area contributed by atoms with Crippen molar-refractivity contribution >= 4 is 11.5 Å². The lowest BCUT2D eigenvalue weighted by Crippen LogP contribution is -2.44. The van der Waals surface area contributed by atoms with Crippen LogP contribution in [0.25, 0.3) is 0 Å². The maximum absolute atomic E-state index is 12.7. The highest BCUT2D eigenvalue weighted by molar-refractivity contribution is 6.02. The van der Waals surface area contributed by atoms with Crippen LogP contribution in [0, 0.1) is 10.1 Å². The number of Topliss-reactive ketones (excluding diaryl/α,β-unsaturated/α-hetero) is 1. The summed E-state index contributed by atoms with van der Waals surface area (Å²) in [7, 11) is 0. The van der Waals surface area contributed by atoms with E-state index in [4.69, 9.17) is 0 Å². The van der Waals surface area contributed by atoms with E-state index in [1.54, 1.807) is 0 Å². The smallest absolute Gasteiger partial charge is 0.287 e. The van der Waals surface area contributed by atoms with Gasteiger partial charge < -0.3 is 0 Å². The minimum Gasteiger partial charge on any atom is -0.287 e. The molecule has 0 saturated carbocycles. The number of nitrogens with zero attached hydrogens (tertiary/aromatic N) is 1. The van der Waals surface area contributed by atoms with E-state index in [0.29, 0.717) is 12.1 Å². The molecule has 0 radical (unpaired) electrons. The van der Waals surface area contributed by atoms with Gasteiger partial charge in [-0.15, -0.1) is 0 Å². The number of nitro groups is 1. The molecule has 4 nitrogen and oxygen atoms in total. The molecule has 0 saturated heterocycles. The summed E-state index contributed by atoms with van der Waals surface area (Å²) in [5.41, 5.74) is -1.83. The summed E-state index contributed by atoms with van der Waals surface area (Å²) in [6, 6.07) is 2.72. The van der Waals surface area contributed by atoms with Crippen molar-refractivity contribution in [3.05, 3.63) is 39.9 Å². The quantitative estimate of drug-likeness (QED) is 0.367. The first kappa shape index (κ1) is 14.0. The molecule has 0 atom stereocenters. The van der Waals surface area contributed by atoms with Crippen LogP contribution in [0.15, 0.2) is 24.3 Å². The zero-order valence-corrected chi connectivity index (χ0v) is 8.37. The SMILES string of the molecule is O=C(c1cccc([N+](=O)[O-])c1)C(F)(F)C(F)(F)F. The van der Waals surface area contributed by atoms with Gasteiger partial charge in [-0.1, -0.05) is 12.1 Å². The molecule has 0 aliphatic carbocycles. The lowest BCUT2D eigenvalue weighted by Gasteiger charge is -2.17. The largest absolute Gasteiger partial charge is 0.461 e. The highest BCUT2D eigenvalue weighted by Crippen LogP contribution is 2.38. The molecule has 0 heterocycles. The van der Waals surface area contributed by atoms with Crippen LogP contribution in [0.3, 0.4) is 0 Å². The first-order chi connectivity index (χ1) is 8.07. The van der Waals surface area contributed by atoms with E-state index in [1.165, 1.54) is 0 Å². The average molecular weight is 269 g/mol. The van der Waals surface area contributed by atoms with E-state index < -0.39 is 34.1 Å². The number of hydrogen-bond donors (Lipinski definition) is 0. The molecular formula is C9H4F5NO3. The summed E-state index contributed by atoms with van der Waals surface area (Å²) in [4.78, 5) is 20.3. The third-order valence-electron chi connectivity index (χ3n) is 1.96. The van der Waals surface area contributed by atoms with Crippen molar-refractivity contribution in [3.8, 4) is 0 Å². The zero-order valence-electron chi connectivity index (χ0n) is 8.37. The molecule has 98 valence electrons. The first-order valence-electron chi connectivity index (χ1n) is 4.31. The number of ketones is 1. The predicted molar refractivity (Wildman–Crippen MR) is 48.4 cm³/mol. The number of benzene rings is 1. The van der Waals surface area contributed by atoms with Gasteiger partial charge in [0.1, 0.15) is 0 Å². The van der Waals surface area contributed by atoms with Gasteiger partial charge in [-0.25, -0.2) is 0 Å². The normalized spacial score (nSPS) is 12.3. The van der Waals surface area contributed by atoms with Crippen LogP contribution in [-0.4, -0.2) is 22.8 Å². The van der Waals surface area contributed by atoms with Crippen molar-refractivity contribution in [3.63, 3.8) is 0 Å². The molecule has 1 aromatic rings. The van der Waals surface area contributed by atoms with Gasteiger partial charge in [0, 0.05) is 17.7 Å². The fraction of sp³-hybridized carbons (Fsp3) is 0.222. The molecule has 0 N–H and O–H groups in total. The molecule has 9 heteroatoms. The lowest BCUT2D eigenvalue weighted by atomic mass is 10.0. The van der Waals surface area contributed by atoms with Gasteiger partial charge in [-0.3, -0.25) is 14.9 Å². The maximum atomic E-state index is 12.7. The van der Waals surface area contributed by atoms with Gasteiger partial charge in [0.2, 0.25) is 5.78 Å². The van der Waals surface area contributed by atoms with Crippen LogP contribution in [0.2, 0.25) is 0 Å². The van der Waals surface area contributed by atoms with Gasteiger partial charge >= 0.3 is 12.1 Å². The van der Waals surface area contributed by atoms with E-state index >= 15 is 0 Å². The van der Waals surface area contributed by atoms with Gasteiger partial charge in [-0.05, 0) is 0 Å². The van der Waals surface area contributed by atoms with E-state index in [9.17, 15) is 36.9 Å². The lowest BCUT2D eigenvalue weighted by molar-refractivity contribution is -0.384. The number of alkyl halides is 5. The summed E-state index contributed by atoms with van der Waals surface area (Å²) in [5, 5.41) is 10.3. The van der Waals surface area contributed by atoms with Gasteiger partial charge in [0.05, 0.1) is 4.92 Å². The van der Waals surface area contributed by atoms with Crippen LogP contribution < -0.4 is 0 Å². The first-order valence-corrected chi connectivity index (χ1v) is 4.31. The molecule has 0 unspecified atom stereocenters. The Hall–Kier alpha value is -2.06. The summed E-state index contributed by atoms with van der Waals surface area (Å²) in [6.45, 7) is 0. The Labute approximate surface area is 96.2 Å². The molecule has 0 amide bonds. The van der Waals surface area contributed by atoms with Crippen molar-refractivity contribution in [2.45, 2.75) is 12.1 Å². The Kier molecular flexibility index (Phi) is 3.36. The molecule has 0 fully saturated rings. The summed E-state index contributed by atoms with van der Waals surface area (Å²) < 4.78 is 61.2. The van der Waals surface area contributed by atoms with Crippen molar-refractivity contribution < 1.29 is 31.7 Å². The number of rotatable bonds is 3. The van der Waals surface area contributed by atoms with Crippen molar-refractivity contribution in [2.75, 3.05) is 0 Å². The Morgan fingerprint density at radius 2 is 1.72 bits per heavy atom. The van der Waals surface area contributed by atoms with E-state index in [-0.39, 0.29) is 0 Å². The minimum atomic E-state index is -6.05. The number of hydrogen-bond acceptors (Lipinski definition) is 3. The second-order valence-corrected chi connectivity index (χ2v) is 3.21. The number of nitro benzene ring substituents is 1. The molecule has 0 spiro atoms. The average Bonchev–Trinajstić information content (AvgIpc) is 2.26. The summed E-state index contributed by atoms with van der Waals surface area (Å²) >= 11 is 0. The third-order valence-corrected chi connectivity index (χ3v) is 1.96. The summed E-state index contributed by atoms with van der Waals surface area (Å²) in [6.07, 6.45) is -6.05. The van der Waals surface area contributed by atoms with Crippen LogP contribution in [0.4, 0.5) is 27.6 Å². The van der Waals surface area contributed by atoms with Crippen molar-refractivity contribution in [1.82, 2.24) is 0 Å². The maximum Gasteiger partial charge on any atom is 0.461 e. The van der Waals surface area contributed by atoms with Gasteiger partial charge in [0.25, 0.3) is 5.69 Å². The zero-order chi connectivity index (χ0) is 14.1. The molecule has 0 bridgehead atoms. The van der Waals surface area contributed by atoms with Crippen LogP contribution >= 0.6 is 0 Å². The van der Waals surface area contributed by atoms with E-state index in [2.05, 4.69) is 0 Å². The Bertz CT molecular complexity index is 497. The molecule has 18 heavy (non-hydrogen) atoms. The van der Waals surface area contributed by atoms with Crippen LogP contribution in [0.1, 0.15) is 10.4 Å². The van der Waals surface area contributed by atoms with E-state index in [1.807, 2.05) is 0 Å². The summed E-state index contributed by atoms with van der Waals surface area (Å²) in [5.74, 6) is -8.11. The Balaban J connectivity index is 3.20. The fourth-order valence-corrected chi connectivity index (χ4v) is 1.07. The molecule has 1 rings (SSSR count). The molecule has 0 aliphatic rings. The minimum absolute atomic E-state index is 0.363. The monoisotopic (exact) mass is 269 g/mol.